The van der Waals surface area contributed by atoms with Gasteiger partial charge in [-0.05, 0) is 25.0 Å². The second-order valence-electron chi connectivity index (χ2n) is 5.39. The number of benzene rings is 1. The van der Waals surface area contributed by atoms with Crippen LogP contribution in [0.4, 0.5) is 0 Å². The Morgan fingerprint density at radius 2 is 1.90 bits per heavy atom. The summed E-state index contributed by atoms with van der Waals surface area (Å²) >= 11 is 0. The Labute approximate surface area is 122 Å². The van der Waals surface area contributed by atoms with E-state index in [1.165, 1.54) is 0 Å². The molecule has 0 fully saturated rings. The van der Waals surface area contributed by atoms with Crippen LogP contribution in [0, 0.1) is 5.92 Å². The summed E-state index contributed by atoms with van der Waals surface area (Å²) in [6.07, 6.45) is 1.60. The van der Waals surface area contributed by atoms with Crippen molar-refractivity contribution in [3.05, 3.63) is 30.6 Å². The highest BCUT2D eigenvalue weighted by molar-refractivity contribution is 5.87. The molecule has 112 valence electrons. The third-order valence-electron chi connectivity index (χ3n) is 3.51. The van der Waals surface area contributed by atoms with Gasteiger partial charge in [0.2, 0.25) is 5.91 Å². The first-order valence-electron chi connectivity index (χ1n) is 6.86. The Bertz CT molecular complexity index is 663. The van der Waals surface area contributed by atoms with Crippen LogP contribution in [0.3, 0.4) is 0 Å². The van der Waals surface area contributed by atoms with Crippen LogP contribution in [0.5, 0.6) is 0 Å². The zero-order valence-electron chi connectivity index (χ0n) is 12.3. The number of rotatable bonds is 5. The van der Waals surface area contributed by atoms with E-state index in [0.29, 0.717) is 0 Å². The van der Waals surface area contributed by atoms with E-state index in [-0.39, 0.29) is 11.8 Å². The molecule has 2 unspecified atom stereocenters. The van der Waals surface area contributed by atoms with Gasteiger partial charge in [0.1, 0.15) is 12.1 Å². The van der Waals surface area contributed by atoms with Crippen LogP contribution in [-0.2, 0) is 9.59 Å². The van der Waals surface area contributed by atoms with E-state index in [0.717, 1.165) is 11.0 Å². The van der Waals surface area contributed by atoms with Crippen LogP contribution in [0.2, 0.25) is 0 Å². The Hall–Kier alpha value is -2.37. The predicted octanol–water partition coefficient (Wildman–Crippen LogP) is 1.82. The van der Waals surface area contributed by atoms with Crippen molar-refractivity contribution in [1.29, 1.82) is 0 Å². The molecule has 2 rings (SSSR count). The molecule has 1 aromatic heterocycles. The molecule has 0 bridgehead atoms. The average molecular weight is 289 g/mol. The average Bonchev–Trinajstić information content (AvgIpc) is 2.86. The third kappa shape index (κ3) is 3.04. The molecule has 1 heterocycles. The highest BCUT2D eigenvalue weighted by Crippen LogP contribution is 2.17. The molecule has 6 heteroatoms. The van der Waals surface area contributed by atoms with Crippen LogP contribution in [0.25, 0.3) is 11.0 Å². The second kappa shape index (κ2) is 5.95. The molecule has 1 amide bonds. The van der Waals surface area contributed by atoms with Crippen LogP contribution < -0.4 is 5.32 Å². The van der Waals surface area contributed by atoms with Crippen molar-refractivity contribution in [1.82, 2.24) is 14.9 Å². The molecule has 2 aromatic rings. The lowest BCUT2D eigenvalue weighted by atomic mass is 10.0. The van der Waals surface area contributed by atoms with Crippen molar-refractivity contribution < 1.29 is 14.7 Å². The standard InChI is InChI=1S/C15H19N3O3/c1-9(2)13(15(20)21)17-14(19)10(3)18-8-16-11-6-4-5-7-12(11)18/h4-10,13H,1-3H3,(H,17,19)(H,20,21). The summed E-state index contributed by atoms with van der Waals surface area (Å²) in [6, 6.07) is 6.07. The summed E-state index contributed by atoms with van der Waals surface area (Å²) in [5.74, 6) is -1.54. The highest BCUT2D eigenvalue weighted by Gasteiger charge is 2.26. The Kier molecular flexibility index (Phi) is 4.26. The van der Waals surface area contributed by atoms with Gasteiger partial charge in [-0.1, -0.05) is 26.0 Å². The fourth-order valence-corrected chi connectivity index (χ4v) is 2.20. The first-order chi connectivity index (χ1) is 9.91. The van der Waals surface area contributed by atoms with Gasteiger partial charge >= 0.3 is 5.97 Å². The molecular formula is C15H19N3O3. The van der Waals surface area contributed by atoms with E-state index in [2.05, 4.69) is 10.3 Å². The van der Waals surface area contributed by atoms with Crippen LogP contribution >= 0.6 is 0 Å². The van der Waals surface area contributed by atoms with E-state index in [4.69, 9.17) is 5.11 Å². The molecule has 0 aliphatic heterocycles. The van der Waals surface area contributed by atoms with Gasteiger partial charge in [0.15, 0.2) is 0 Å². The van der Waals surface area contributed by atoms with Gasteiger partial charge in [0, 0.05) is 0 Å². The molecule has 0 saturated heterocycles. The van der Waals surface area contributed by atoms with Crippen molar-refractivity contribution in [2.24, 2.45) is 5.92 Å². The number of carbonyl (C=O) groups excluding carboxylic acids is 1. The summed E-state index contributed by atoms with van der Waals surface area (Å²) in [6.45, 7) is 5.25. The third-order valence-corrected chi connectivity index (χ3v) is 3.51. The number of nitrogens with zero attached hydrogens (tertiary/aromatic N) is 2. The van der Waals surface area contributed by atoms with Crippen molar-refractivity contribution in [3.8, 4) is 0 Å². The van der Waals surface area contributed by atoms with E-state index < -0.39 is 18.1 Å². The molecule has 2 atom stereocenters. The van der Waals surface area contributed by atoms with Gasteiger partial charge < -0.3 is 15.0 Å². The topological polar surface area (TPSA) is 84.2 Å². The summed E-state index contributed by atoms with van der Waals surface area (Å²) in [5.41, 5.74) is 1.65. The highest BCUT2D eigenvalue weighted by atomic mass is 16.4. The number of para-hydroxylation sites is 2. The molecule has 1 aromatic carbocycles. The number of carboxylic acid groups (broad SMARTS) is 1. The predicted molar refractivity (Wildman–Crippen MR) is 78.8 cm³/mol. The van der Waals surface area contributed by atoms with Crippen LogP contribution in [-0.4, -0.2) is 32.6 Å². The van der Waals surface area contributed by atoms with Crippen molar-refractivity contribution in [2.75, 3.05) is 0 Å². The number of hydrogen-bond donors (Lipinski definition) is 2. The van der Waals surface area contributed by atoms with E-state index in [1.807, 2.05) is 24.3 Å². The van der Waals surface area contributed by atoms with E-state index in [1.54, 1.807) is 31.7 Å². The molecule has 0 spiro atoms. The Balaban J connectivity index is 2.21. The zero-order valence-corrected chi connectivity index (χ0v) is 12.3. The Morgan fingerprint density at radius 3 is 2.52 bits per heavy atom. The van der Waals surface area contributed by atoms with Crippen molar-refractivity contribution in [3.63, 3.8) is 0 Å². The van der Waals surface area contributed by atoms with E-state index in [9.17, 15) is 9.59 Å². The maximum atomic E-state index is 12.3. The lowest BCUT2D eigenvalue weighted by Gasteiger charge is -2.21. The molecule has 6 nitrogen and oxygen atoms in total. The number of aliphatic carboxylic acids is 1. The minimum Gasteiger partial charge on any atom is -0.480 e. The minimum atomic E-state index is -1.03. The number of carboxylic acids is 1. The zero-order chi connectivity index (χ0) is 15.6. The SMILES string of the molecule is CC(C)C(NC(=O)C(C)n1cnc2ccccc21)C(=O)O. The van der Waals surface area contributed by atoms with Gasteiger partial charge in [-0.25, -0.2) is 9.78 Å². The number of imidazole rings is 1. The summed E-state index contributed by atoms with van der Waals surface area (Å²) < 4.78 is 1.74. The Morgan fingerprint density at radius 1 is 1.24 bits per heavy atom. The summed E-state index contributed by atoms with van der Waals surface area (Å²) in [5, 5.41) is 11.7. The lowest BCUT2D eigenvalue weighted by molar-refractivity contribution is -0.143. The van der Waals surface area contributed by atoms with Gasteiger partial charge in [-0.2, -0.15) is 0 Å². The molecule has 0 saturated carbocycles. The number of hydrogen-bond acceptors (Lipinski definition) is 3. The monoisotopic (exact) mass is 289 g/mol. The maximum absolute atomic E-state index is 12.3. The first kappa shape index (κ1) is 15.0. The maximum Gasteiger partial charge on any atom is 0.326 e. The summed E-state index contributed by atoms with van der Waals surface area (Å²) in [7, 11) is 0. The van der Waals surface area contributed by atoms with Crippen molar-refractivity contribution >= 4 is 22.9 Å². The first-order valence-corrected chi connectivity index (χ1v) is 6.86. The van der Waals surface area contributed by atoms with Crippen LogP contribution in [0.1, 0.15) is 26.8 Å². The van der Waals surface area contributed by atoms with Gasteiger partial charge in [-0.15, -0.1) is 0 Å². The van der Waals surface area contributed by atoms with Gasteiger partial charge in [0.25, 0.3) is 0 Å². The smallest absolute Gasteiger partial charge is 0.326 e. The largest absolute Gasteiger partial charge is 0.480 e. The summed E-state index contributed by atoms with van der Waals surface area (Å²) in [4.78, 5) is 27.7. The molecule has 0 aliphatic rings. The lowest BCUT2D eigenvalue weighted by Crippen LogP contribution is -2.46. The van der Waals surface area contributed by atoms with E-state index >= 15 is 0 Å². The number of fused-ring (bicyclic) bond motifs is 1. The fourth-order valence-electron chi connectivity index (χ4n) is 2.20. The van der Waals surface area contributed by atoms with Gasteiger partial charge in [-0.3, -0.25) is 4.79 Å². The fraction of sp³-hybridized carbons (Fsp3) is 0.400. The minimum absolute atomic E-state index is 0.182. The molecular weight excluding hydrogens is 270 g/mol. The van der Waals surface area contributed by atoms with Crippen LogP contribution in [0.15, 0.2) is 30.6 Å². The number of aromatic nitrogens is 2. The second-order valence-corrected chi connectivity index (χ2v) is 5.39. The molecule has 0 aliphatic carbocycles. The number of carbonyl (C=O) groups is 2. The molecule has 2 N–H and O–H groups in total. The van der Waals surface area contributed by atoms with Crippen molar-refractivity contribution in [2.45, 2.75) is 32.9 Å². The number of nitrogens with one attached hydrogen (secondary N) is 1. The number of amides is 1. The normalized spacial score (nSPS) is 14.1. The molecule has 0 radical (unpaired) electrons. The quantitative estimate of drug-likeness (QED) is 0.879. The molecule has 21 heavy (non-hydrogen) atoms. The van der Waals surface area contributed by atoms with Gasteiger partial charge in [0.05, 0.1) is 17.4 Å².